The van der Waals surface area contributed by atoms with Crippen LogP contribution in [0.1, 0.15) is 22.6 Å². The number of aromatic nitrogens is 3. The molecule has 0 N–H and O–H groups in total. The van der Waals surface area contributed by atoms with Crippen LogP contribution in [-0.4, -0.2) is 70.1 Å². The molecule has 1 spiro atoms. The standard InChI is InChI=1S/C20H25N5O4/c1-22-19(27)25-14-20(29-12-17(25)21-22)6-7-24(13-20)18(26)15-4-2-3-5-16(15)23-8-10-28-11-9-23/h2-5H,6-14H2,1H3. The number of fused-ring (bicyclic) bond motifs is 1. The lowest BCUT2D eigenvalue weighted by Crippen LogP contribution is -2.47. The third kappa shape index (κ3) is 3.14. The summed E-state index contributed by atoms with van der Waals surface area (Å²) in [4.78, 5) is 29.8. The Morgan fingerprint density at radius 1 is 1.14 bits per heavy atom. The van der Waals surface area contributed by atoms with Gasteiger partial charge in [0.1, 0.15) is 12.2 Å². The van der Waals surface area contributed by atoms with Crippen molar-refractivity contribution in [1.82, 2.24) is 19.2 Å². The lowest BCUT2D eigenvalue weighted by atomic mass is 10.0. The molecule has 9 heteroatoms. The molecule has 1 atom stereocenters. The third-order valence-electron chi connectivity index (χ3n) is 6.13. The van der Waals surface area contributed by atoms with Crippen molar-refractivity contribution >= 4 is 11.6 Å². The van der Waals surface area contributed by atoms with Crippen LogP contribution >= 0.6 is 0 Å². The summed E-state index contributed by atoms with van der Waals surface area (Å²) in [6.07, 6.45) is 0.708. The minimum absolute atomic E-state index is 0.0110. The van der Waals surface area contributed by atoms with Gasteiger partial charge in [-0.15, -0.1) is 0 Å². The van der Waals surface area contributed by atoms with Gasteiger partial charge in [0, 0.05) is 32.4 Å². The van der Waals surface area contributed by atoms with E-state index in [2.05, 4.69) is 10.00 Å². The van der Waals surface area contributed by atoms with Gasteiger partial charge in [-0.05, 0) is 18.6 Å². The Labute approximate surface area is 168 Å². The molecular weight excluding hydrogens is 374 g/mol. The van der Waals surface area contributed by atoms with E-state index < -0.39 is 5.60 Å². The molecule has 0 bridgehead atoms. The van der Waals surface area contributed by atoms with E-state index in [1.165, 1.54) is 4.68 Å². The van der Waals surface area contributed by atoms with Gasteiger partial charge >= 0.3 is 5.69 Å². The van der Waals surface area contributed by atoms with Crippen molar-refractivity contribution in [3.05, 3.63) is 46.1 Å². The van der Waals surface area contributed by atoms with E-state index in [4.69, 9.17) is 9.47 Å². The van der Waals surface area contributed by atoms with E-state index >= 15 is 0 Å². The van der Waals surface area contributed by atoms with Crippen molar-refractivity contribution in [3.63, 3.8) is 0 Å². The molecule has 3 aliphatic heterocycles. The van der Waals surface area contributed by atoms with Gasteiger partial charge < -0.3 is 19.3 Å². The Balaban J connectivity index is 1.37. The maximum Gasteiger partial charge on any atom is 0.345 e. The number of morpholine rings is 1. The molecule has 29 heavy (non-hydrogen) atoms. The monoisotopic (exact) mass is 399 g/mol. The Bertz CT molecular complexity index is 993. The van der Waals surface area contributed by atoms with Crippen molar-refractivity contribution in [2.24, 2.45) is 7.05 Å². The SMILES string of the molecule is Cn1nc2n(c1=O)CC1(CCN(C(=O)c3ccccc3N3CCOCC3)C1)OC2. The minimum Gasteiger partial charge on any atom is -0.378 e. The predicted octanol–water partition coefficient (Wildman–Crippen LogP) is 0.234. The molecule has 0 radical (unpaired) electrons. The van der Waals surface area contributed by atoms with Crippen LogP contribution in [0.25, 0.3) is 0 Å². The van der Waals surface area contributed by atoms with E-state index in [1.54, 1.807) is 11.6 Å². The fourth-order valence-corrected chi connectivity index (χ4v) is 4.54. The average Bonchev–Trinajstić information content (AvgIpc) is 3.30. The van der Waals surface area contributed by atoms with E-state index in [0.717, 1.165) is 18.8 Å². The maximum atomic E-state index is 13.4. The summed E-state index contributed by atoms with van der Waals surface area (Å²) < 4.78 is 14.6. The number of ether oxygens (including phenoxy) is 2. The van der Waals surface area contributed by atoms with Gasteiger partial charge in [0.15, 0.2) is 5.82 Å². The van der Waals surface area contributed by atoms with Gasteiger partial charge in [0.2, 0.25) is 0 Å². The number of carbonyl (C=O) groups is 1. The molecule has 1 aromatic carbocycles. The Morgan fingerprint density at radius 3 is 2.76 bits per heavy atom. The highest BCUT2D eigenvalue weighted by atomic mass is 16.5. The smallest absolute Gasteiger partial charge is 0.345 e. The third-order valence-corrected chi connectivity index (χ3v) is 6.13. The lowest BCUT2D eigenvalue weighted by Gasteiger charge is -2.34. The maximum absolute atomic E-state index is 13.4. The fourth-order valence-electron chi connectivity index (χ4n) is 4.54. The summed E-state index contributed by atoms with van der Waals surface area (Å²) in [6.45, 7) is 4.72. The molecule has 9 nitrogen and oxygen atoms in total. The van der Waals surface area contributed by atoms with Crippen molar-refractivity contribution in [2.75, 3.05) is 44.3 Å². The van der Waals surface area contributed by atoms with Crippen molar-refractivity contribution in [3.8, 4) is 0 Å². The van der Waals surface area contributed by atoms with Gasteiger partial charge in [-0.1, -0.05) is 12.1 Å². The lowest BCUT2D eigenvalue weighted by molar-refractivity contribution is -0.0816. The second-order valence-corrected chi connectivity index (χ2v) is 7.97. The molecule has 3 aliphatic rings. The normalized spacial score (nSPS) is 24.2. The fraction of sp³-hybridized carbons (Fsp3) is 0.550. The van der Waals surface area contributed by atoms with E-state index in [1.807, 2.05) is 29.2 Å². The second kappa shape index (κ2) is 7.00. The first-order valence-electron chi connectivity index (χ1n) is 10.0. The predicted molar refractivity (Wildman–Crippen MR) is 105 cm³/mol. The minimum atomic E-state index is -0.524. The molecule has 4 heterocycles. The number of hydrogen-bond donors (Lipinski definition) is 0. The number of hydrogen-bond acceptors (Lipinski definition) is 6. The van der Waals surface area contributed by atoms with Crippen molar-refractivity contribution < 1.29 is 14.3 Å². The van der Waals surface area contributed by atoms with Gasteiger partial charge in [0.25, 0.3) is 5.91 Å². The number of carbonyl (C=O) groups excluding carboxylic acids is 1. The number of amides is 1. The molecule has 1 aromatic heterocycles. The highest BCUT2D eigenvalue weighted by Gasteiger charge is 2.45. The van der Waals surface area contributed by atoms with Crippen LogP contribution in [0.3, 0.4) is 0 Å². The summed E-state index contributed by atoms with van der Waals surface area (Å²) in [5.74, 6) is 0.655. The molecule has 2 fully saturated rings. The van der Waals surface area contributed by atoms with Crippen LogP contribution in [0.4, 0.5) is 5.69 Å². The number of nitrogens with zero attached hydrogens (tertiary/aromatic N) is 5. The number of aryl methyl sites for hydroxylation is 1. The van der Waals surface area contributed by atoms with Gasteiger partial charge in [0.05, 0.1) is 31.9 Å². The van der Waals surface area contributed by atoms with E-state index in [-0.39, 0.29) is 11.6 Å². The zero-order valence-corrected chi connectivity index (χ0v) is 16.5. The van der Waals surface area contributed by atoms with E-state index in [0.29, 0.717) is 57.3 Å². The largest absolute Gasteiger partial charge is 0.378 e. The summed E-state index contributed by atoms with van der Waals surface area (Å²) >= 11 is 0. The van der Waals surface area contributed by atoms with Gasteiger partial charge in [-0.2, -0.15) is 5.10 Å². The van der Waals surface area contributed by atoms with Crippen molar-refractivity contribution in [1.29, 1.82) is 0 Å². The molecule has 0 saturated carbocycles. The summed E-state index contributed by atoms with van der Waals surface area (Å²) in [7, 11) is 1.65. The number of rotatable bonds is 2. The van der Waals surface area contributed by atoms with Crippen LogP contribution in [0.2, 0.25) is 0 Å². The zero-order valence-electron chi connectivity index (χ0n) is 16.5. The quantitative estimate of drug-likeness (QED) is 0.719. The summed E-state index contributed by atoms with van der Waals surface area (Å²) in [5.41, 5.74) is 1.01. The Hall–Kier alpha value is -2.65. The van der Waals surface area contributed by atoms with Crippen LogP contribution in [0, 0.1) is 0 Å². The Kier molecular flexibility index (Phi) is 4.44. The highest BCUT2D eigenvalue weighted by molar-refractivity contribution is 6.00. The molecule has 2 saturated heterocycles. The van der Waals surface area contributed by atoms with Crippen molar-refractivity contribution in [2.45, 2.75) is 25.2 Å². The number of benzene rings is 1. The first-order valence-corrected chi connectivity index (χ1v) is 10.0. The molecule has 1 amide bonds. The van der Waals surface area contributed by atoms with Gasteiger partial charge in [-0.3, -0.25) is 9.36 Å². The summed E-state index contributed by atoms with van der Waals surface area (Å²) in [5, 5.41) is 4.22. The van der Waals surface area contributed by atoms with Gasteiger partial charge in [-0.25, -0.2) is 9.48 Å². The molecule has 1 unspecified atom stereocenters. The molecule has 0 aliphatic carbocycles. The molecular formula is C20H25N5O4. The van der Waals surface area contributed by atoms with Crippen LogP contribution in [-0.2, 0) is 29.7 Å². The molecule has 2 aromatic rings. The average molecular weight is 399 g/mol. The first kappa shape index (κ1) is 18.4. The van der Waals surface area contributed by atoms with Crippen LogP contribution in [0.5, 0.6) is 0 Å². The first-order chi connectivity index (χ1) is 14.1. The Morgan fingerprint density at radius 2 is 1.93 bits per heavy atom. The molecule has 5 rings (SSSR count). The molecule has 154 valence electrons. The zero-order chi connectivity index (χ0) is 20.0. The topological polar surface area (TPSA) is 81.8 Å². The number of para-hydroxylation sites is 1. The number of likely N-dealkylation sites (tertiary alicyclic amines) is 1. The van der Waals surface area contributed by atoms with Crippen LogP contribution in [0.15, 0.2) is 29.1 Å². The second-order valence-electron chi connectivity index (χ2n) is 7.97. The number of anilines is 1. The van der Waals surface area contributed by atoms with E-state index in [9.17, 15) is 9.59 Å². The summed E-state index contributed by atoms with van der Waals surface area (Å²) in [6, 6.07) is 7.77. The van der Waals surface area contributed by atoms with Crippen LogP contribution < -0.4 is 10.6 Å². The highest BCUT2D eigenvalue weighted by Crippen LogP contribution is 2.33.